The number of ether oxygens (including phenoxy) is 2. The summed E-state index contributed by atoms with van der Waals surface area (Å²) < 4.78 is 10.7. The Morgan fingerprint density at radius 1 is 1.15 bits per heavy atom. The fourth-order valence-corrected chi connectivity index (χ4v) is 2.50. The first-order chi connectivity index (χ1) is 12.2. The van der Waals surface area contributed by atoms with Crippen LogP contribution in [0, 0.1) is 10.1 Å². The number of piperazine rings is 1. The average Bonchev–Trinajstić information content (AvgIpc) is 2.61. The van der Waals surface area contributed by atoms with Gasteiger partial charge in [-0.3, -0.25) is 10.1 Å². The molecule has 0 bridgehead atoms. The Kier molecular flexibility index (Phi) is 7.67. The maximum atomic E-state index is 12.1. The number of hydrogen-bond donors (Lipinski definition) is 0. The van der Waals surface area contributed by atoms with Gasteiger partial charge in [0.2, 0.25) is 0 Å². The van der Waals surface area contributed by atoms with Crippen LogP contribution in [-0.2, 0) is 4.74 Å². The monoisotopic (exact) mass is 367 g/mol. The molecule has 0 atom stereocenters. The van der Waals surface area contributed by atoms with Crippen LogP contribution in [0.2, 0.25) is 0 Å². The van der Waals surface area contributed by atoms with Gasteiger partial charge >= 0.3 is 6.09 Å². The van der Waals surface area contributed by atoms with Crippen LogP contribution >= 0.6 is 0 Å². The second kappa shape index (κ2) is 9.26. The second-order valence-electron chi connectivity index (χ2n) is 6.57. The number of nitro groups is 1. The Morgan fingerprint density at radius 2 is 1.73 bits per heavy atom. The molecule has 1 amide bonds. The summed E-state index contributed by atoms with van der Waals surface area (Å²) in [4.78, 5) is 26.2. The van der Waals surface area contributed by atoms with E-state index in [0.717, 1.165) is 5.69 Å². The van der Waals surface area contributed by atoms with Crippen molar-refractivity contribution in [1.82, 2.24) is 4.90 Å². The summed E-state index contributed by atoms with van der Waals surface area (Å²) in [6, 6.07) is 4.55. The molecule has 8 heteroatoms. The number of hydrogen-bond acceptors (Lipinski definition) is 6. The Morgan fingerprint density at radius 3 is 2.19 bits per heavy atom. The summed E-state index contributed by atoms with van der Waals surface area (Å²) in [7, 11) is 1.49. The number of benzene rings is 1. The van der Waals surface area contributed by atoms with Crippen molar-refractivity contribution >= 4 is 17.5 Å². The van der Waals surface area contributed by atoms with E-state index < -0.39 is 10.5 Å². The molecule has 2 rings (SSSR count). The van der Waals surface area contributed by atoms with Crippen molar-refractivity contribution < 1.29 is 19.2 Å². The van der Waals surface area contributed by atoms with Gasteiger partial charge < -0.3 is 19.3 Å². The van der Waals surface area contributed by atoms with E-state index >= 15 is 0 Å². The Balaban J connectivity index is 0.00000163. The lowest BCUT2D eigenvalue weighted by atomic mass is 10.2. The van der Waals surface area contributed by atoms with Gasteiger partial charge in [-0.15, -0.1) is 0 Å². The van der Waals surface area contributed by atoms with E-state index in [1.54, 1.807) is 11.0 Å². The highest BCUT2D eigenvalue weighted by molar-refractivity contribution is 5.69. The van der Waals surface area contributed by atoms with Crippen molar-refractivity contribution in [2.24, 2.45) is 0 Å². The molecule has 26 heavy (non-hydrogen) atoms. The molecule has 0 spiro atoms. The molecule has 1 fully saturated rings. The van der Waals surface area contributed by atoms with E-state index in [9.17, 15) is 14.9 Å². The molecule has 8 nitrogen and oxygen atoms in total. The van der Waals surface area contributed by atoms with Crippen molar-refractivity contribution in [1.29, 1.82) is 0 Å². The molecule has 1 heterocycles. The minimum atomic E-state index is -0.518. The third-order valence-electron chi connectivity index (χ3n) is 3.65. The molecule has 146 valence electrons. The third-order valence-corrected chi connectivity index (χ3v) is 3.65. The minimum Gasteiger partial charge on any atom is -0.494 e. The molecule has 1 aliphatic rings. The van der Waals surface area contributed by atoms with E-state index in [4.69, 9.17) is 9.47 Å². The van der Waals surface area contributed by atoms with Crippen molar-refractivity contribution in [3.63, 3.8) is 0 Å². The standard InChI is InChI=1S/C16H23N3O5.C2H6/c1-16(2,3)24-15(20)18-9-7-17(8-10-18)13-6-5-12(19(21)22)11-14(13)23-4;1-2/h5-6,11H,7-10H2,1-4H3;1-2H3. The van der Waals surface area contributed by atoms with Gasteiger partial charge in [-0.2, -0.15) is 0 Å². The highest BCUT2D eigenvalue weighted by atomic mass is 16.6. The lowest BCUT2D eigenvalue weighted by Crippen LogP contribution is -2.50. The number of methoxy groups -OCH3 is 1. The molecule has 1 aliphatic heterocycles. The van der Waals surface area contributed by atoms with Gasteiger partial charge in [0.15, 0.2) is 0 Å². The molecule has 0 N–H and O–H groups in total. The molecule has 0 radical (unpaired) electrons. The molecule has 0 aliphatic carbocycles. The van der Waals surface area contributed by atoms with Crippen LogP contribution in [0.25, 0.3) is 0 Å². The van der Waals surface area contributed by atoms with Crippen LogP contribution in [0.4, 0.5) is 16.2 Å². The maximum absolute atomic E-state index is 12.1. The second-order valence-corrected chi connectivity index (χ2v) is 6.57. The third kappa shape index (κ3) is 5.79. The summed E-state index contributed by atoms with van der Waals surface area (Å²) >= 11 is 0. The van der Waals surface area contributed by atoms with Crippen LogP contribution in [0.15, 0.2) is 18.2 Å². The number of rotatable bonds is 3. The Labute approximate surface area is 154 Å². The first-order valence-electron chi connectivity index (χ1n) is 8.76. The number of carbonyl (C=O) groups is 1. The fraction of sp³-hybridized carbons (Fsp3) is 0.611. The molecular formula is C18H29N3O5. The molecule has 0 unspecified atom stereocenters. The number of nitro benzene ring substituents is 1. The number of amides is 1. The zero-order valence-electron chi connectivity index (χ0n) is 16.4. The average molecular weight is 367 g/mol. The highest BCUT2D eigenvalue weighted by Crippen LogP contribution is 2.32. The summed E-state index contributed by atoms with van der Waals surface area (Å²) in [5.74, 6) is 0.454. The Bertz CT molecular complexity index is 620. The summed E-state index contributed by atoms with van der Waals surface area (Å²) in [6.07, 6.45) is -0.321. The van der Waals surface area contributed by atoms with Crippen molar-refractivity contribution in [3.8, 4) is 5.75 Å². The van der Waals surface area contributed by atoms with Gasteiger partial charge in [-0.05, 0) is 26.8 Å². The molecule has 1 aromatic rings. The molecule has 1 aromatic carbocycles. The van der Waals surface area contributed by atoms with Crippen LogP contribution in [0.3, 0.4) is 0 Å². The molecule has 0 aromatic heterocycles. The number of carbonyl (C=O) groups excluding carboxylic acids is 1. The minimum absolute atomic E-state index is 0.0111. The first-order valence-corrected chi connectivity index (χ1v) is 8.76. The van der Waals surface area contributed by atoms with Crippen LogP contribution in [0.1, 0.15) is 34.6 Å². The molecular weight excluding hydrogens is 338 g/mol. The fourth-order valence-electron chi connectivity index (χ4n) is 2.50. The lowest BCUT2D eigenvalue weighted by Gasteiger charge is -2.37. The van der Waals surface area contributed by atoms with Crippen LogP contribution in [0.5, 0.6) is 5.75 Å². The number of anilines is 1. The number of nitrogens with zero attached hydrogens (tertiary/aromatic N) is 3. The van der Waals surface area contributed by atoms with E-state index in [1.165, 1.54) is 19.2 Å². The van der Waals surface area contributed by atoms with Gasteiger partial charge in [0.05, 0.1) is 23.8 Å². The van der Waals surface area contributed by atoms with Gasteiger partial charge in [0.1, 0.15) is 11.4 Å². The topological polar surface area (TPSA) is 85.2 Å². The van der Waals surface area contributed by atoms with Gasteiger partial charge in [0.25, 0.3) is 5.69 Å². The largest absolute Gasteiger partial charge is 0.494 e. The molecule has 1 saturated heterocycles. The first kappa shape index (κ1) is 21.5. The predicted molar refractivity (Wildman–Crippen MR) is 101 cm³/mol. The SMILES string of the molecule is CC.COc1cc([N+](=O)[O-])ccc1N1CCN(C(=O)OC(C)(C)C)CC1. The quantitative estimate of drug-likeness (QED) is 0.598. The maximum Gasteiger partial charge on any atom is 0.410 e. The van der Waals surface area contributed by atoms with Gasteiger partial charge in [-0.1, -0.05) is 13.8 Å². The summed E-state index contributed by atoms with van der Waals surface area (Å²) in [6.45, 7) is 11.8. The summed E-state index contributed by atoms with van der Waals surface area (Å²) in [5.41, 5.74) is 0.255. The smallest absolute Gasteiger partial charge is 0.410 e. The zero-order valence-corrected chi connectivity index (χ0v) is 16.4. The molecule has 0 saturated carbocycles. The normalized spacial score (nSPS) is 14.2. The number of non-ortho nitro benzene ring substituents is 1. The Hall–Kier alpha value is -2.51. The van der Waals surface area contributed by atoms with Crippen molar-refractivity contribution in [3.05, 3.63) is 28.3 Å². The van der Waals surface area contributed by atoms with Gasteiger partial charge in [-0.25, -0.2) is 4.79 Å². The van der Waals surface area contributed by atoms with E-state index in [1.807, 2.05) is 39.5 Å². The van der Waals surface area contributed by atoms with E-state index in [0.29, 0.717) is 31.9 Å². The highest BCUT2D eigenvalue weighted by Gasteiger charge is 2.27. The van der Waals surface area contributed by atoms with Crippen molar-refractivity contribution in [2.45, 2.75) is 40.2 Å². The van der Waals surface area contributed by atoms with Gasteiger partial charge in [0, 0.05) is 32.2 Å². The van der Waals surface area contributed by atoms with E-state index in [-0.39, 0.29) is 11.8 Å². The lowest BCUT2D eigenvalue weighted by molar-refractivity contribution is -0.384. The predicted octanol–water partition coefficient (Wildman–Crippen LogP) is 3.69. The van der Waals surface area contributed by atoms with Crippen LogP contribution < -0.4 is 9.64 Å². The summed E-state index contributed by atoms with van der Waals surface area (Å²) in [5, 5.41) is 10.9. The van der Waals surface area contributed by atoms with E-state index in [2.05, 4.69) is 0 Å². The van der Waals surface area contributed by atoms with Crippen molar-refractivity contribution in [2.75, 3.05) is 38.2 Å². The van der Waals surface area contributed by atoms with Crippen LogP contribution in [-0.4, -0.2) is 54.8 Å². The zero-order chi connectivity index (χ0) is 19.9.